The van der Waals surface area contributed by atoms with Gasteiger partial charge in [-0.25, -0.2) is 0 Å². The molecule has 208 valence electrons. The van der Waals surface area contributed by atoms with Crippen molar-refractivity contribution in [3.05, 3.63) is 182 Å². The monoisotopic (exact) mass is 562 g/mol. The van der Waals surface area contributed by atoms with Crippen molar-refractivity contribution >= 4 is 38.9 Å². The van der Waals surface area contributed by atoms with Gasteiger partial charge in [-0.2, -0.15) is 0 Å². The molecule has 0 aliphatic heterocycles. The molecule has 0 saturated carbocycles. The SMILES string of the molecule is c1ccc(-c2ccc(N(c3ccccc3)c3ccc4c5ccccc5n(-c5ccc(-c6ccccc6)cc5)c4c3)cc2)cc1. The second-order valence-corrected chi connectivity index (χ2v) is 11.1. The van der Waals surface area contributed by atoms with Gasteiger partial charge in [0, 0.05) is 33.5 Å². The lowest BCUT2D eigenvalue weighted by Crippen LogP contribution is -2.10. The molecule has 0 spiro atoms. The maximum absolute atomic E-state index is 2.39. The molecule has 0 aliphatic rings. The fraction of sp³-hybridized carbons (Fsp3) is 0. The van der Waals surface area contributed by atoms with E-state index in [0.717, 1.165) is 22.7 Å². The van der Waals surface area contributed by atoms with Gasteiger partial charge in [0.1, 0.15) is 0 Å². The van der Waals surface area contributed by atoms with E-state index in [0.29, 0.717) is 0 Å². The van der Waals surface area contributed by atoms with Crippen molar-refractivity contribution in [2.75, 3.05) is 4.90 Å². The van der Waals surface area contributed by atoms with Crippen LogP contribution in [0.15, 0.2) is 182 Å². The number of hydrogen-bond donors (Lipinski definition) is 0. The van der Waals surface area contributed by atoms with Crippen LogP contribution in [-0.4, -0.2) is 4.57 Å². The minimum atomic E-state index is 1.11. The van der Waals surface area contributed by atoms with Crippen molar-refractivity contribution in [2.45, 2.75) is 0 Å². The molecule has 1 aromatic heterocycles. The highest BCUT2D eigenvalue weighted by molar-refractivity contribution is 6.10. The second kappa shape index (κ2) is 11.1. The number of hydrogen-bond acceptors (Lipinski definition) is 1. The summed E-state index contributed by atoms with van der Waals surface area (Å²) in [5, 5.41) is 2.49. The summed E-state index contributed by atoms with van der Waals surface area (Å²) < 4.78 is 2.39. The first-order valence-electron chi connectivity index (χ1n) is 15.0. The summed E-state index contributed by atoms with van der Waals surface area (Å²) >= 11 is 0. The topological polar surface area (TPSA) is 8.17 Å². The molecule has 1 heterocycles. The molecule has 0 atom stereocenters. The molecule has 0 aliphatic carbocycles. The largest absolute Gasteiger partial charge is 0.310 e. The van der Waals surface area contributed by atoms with Gasteiger partial charge < -0.3 is 9.47 Å². The summed E-state index contributed by atoms with van der Waals surface area (Å²) in [5.41, 5.74) is 11.7. The van der Waals surface area contributed by atoms with E-state index in [1.165, 1.54) is 44.1 Å². The fourth-order valence-corrected chi connectivity index (χ4v) is 6.27. The van der Waals surface area contributed by atoms with Crippen LogP contribution in [0, 0.1) is 0 Å². The smallest absolute Gasteiger partial charge is 0.0561 e. The highest BCUT2D eigenvalue weighted by Crippen LogP contribution is 2.40. The van der Waals surface area contributed by atoms with Crippen LogP contribution in [0.4, 0.5) is 17.1 Å². The molecular formula is C42H30N2. The number of benzene rings is 7. The summed E-state index contributed by atoms with van der Waals surface area (Å²) in [4.78, 5) is 2.34. The Bertz CT molecular complexity index is 2180. The standard InChI is InChI=1S/C42H30N2/c1-4-12-31(13-5-1)33-20-24-36(25-21-33)43(35-16-8-3-9-17-35)38-28-29-40-39-18-10-11-19-41(39)44(42(40)30-38)37-26-22-34(23-27-37)32-14-6-2-7-15-32/h1-30H. The van der Waals surface area contributed by atoms with E-state index in [1.807, 2.05) is 0 Å². The molecule has 0 amide bonds. The van der Waals surface area contributed by atoms with E-state index in [9.17, 15) is 0 Å². The third-order valence-corrected chi connectivity index (χ3v) is 8.40. The van der Waals surface area contributed by atoms with Gasteiger partial charge in [0.05, 0.1) is 11.0 Å². The highest BCUT2D eigenvalue weighted by atomic mass is 15.1. The lowest BCUT2D eigenvalue weighted by molar-refractivity contribution is 1.18. The maximum Gasteiger partial charge on any atom is 0.0561 e. The number of rotatable bonds is 6. The van der Waals surface area contributed by atoms with Crippen LogP contribution >= 0.6 is 0 Å². The van der Waals surface area contributed by atoms with Gasteiger partial charge >= 0.3 is 0 Å². The van der Waals surface area contributed by atoms with E-state index in [2.05, 4.69) is 191 Å². The molecular weight excluding hydrogens is 532 g/mol. The Labute approximate surface area is 257 Å². The van der Waals surface area contributed by atoms with Gasteiger partial charge in [0.2, 0.25) is 0 Å². The Kier molecular flexibility index (Phi) is 6.51. The normalized spacial score (nSPS) is 11.2. The van der Waals surface area contributed by atoms with Gasteiger partial charge in [0.15, 0.2) is 0 Å². The lowest BCUT2D eigenvalue weighted by Gasteiger charge is -2.26. The Morgan fingerprint density at radius 3 is 1.41 bits per heavy atom. The lowest BCUT2D eigenvalue weighted by atomic mass is 10.0. The minimum Gasteiger partial charge on any atom is -0.310 e. The molecule has 2 heteroatoms. The zero-order valence-electron chi connectivity index (χ0n) is 24.2. The number of para-hydroxylation sites is 2. The Morgan fingerprint density at radius 2 is 0.773 bits per heavy atom. The summed E-state index contributed by atoms with van der Waals surface area (Å²) in [5.74, 6) is 0. The Balaban J connectivity index is 1.28. The number of nitrogens with zero attached hydrogens (tertiary/aromatic N) is 2. The molecule has 0 saturated heterocycles. The predicted octanol–water partition coefficient (Wildman–Crippen LogP) is 11.6. The third kappa shape index (κ3) is 4.63. The molecule has 44 heavy (non-hydrogen) atoms. The summed E-state index contributed by atoms with van der Waals surface area (Å²) in [6, 6.07) is 65.0. The van der Waals surface area contributed by atoms with Crippen LogP contribution < -0.4 is 4.90 Å². The quantitative estimate of drug-likeness (QED) is 0.196. The van der Waals surface area contributed by atoms with Crippen molar-refractivity contribution in [1.82, 2.24) is 4.57 Å². The van der Waals surface area contributed by atoms with Crippen LogP contribution in [0.1, 0.15) is 0 Å². The van der Waals surface area contributed by atoms with E-state index < -0.39 is 0 Å². The van der Waals surface area contributed by atoms with E-state index in [1.54, 1.807) is 0 Å². The first-order chi connectivity index (χ1) is 21.8. The van der Waals surface area contributed by atoms with E-state index >= 15 is 0 Å². The number of fused-ring (bicyclic) bond motifs is 3. The molecule has 2 nitrogen and oxygen atoms in total. The van der Waals surface area contributed by atoms with Gasteiger partial charge in [-0.3, -0.25) is 0 Å². The van der Waals surface area contributed by atoms with Gasteiger partial charge in [-0.15, -0.1) is 0 Å². The molecule has 0 unspecified atom stereocenters. The zero-order chi connectivity index (χ0) is 29.3. The average Bonchev–Trinajstić information content (AvgIpc) is 3.44. The Hall–Kier alpha value is -5.86. The molecule has 8 aromatic rings. The van der Waals surface area contributed by atoms with Gasteiger partial charge in [-0.1, -0.05) is 127 Å². The average molecular weight is 563 g/mol. The van der Waals surface area contributed by atoms with Gasteiger partial charge in [-0.05, 0) is 76.9 Å². The van der Waals surface area contributed by atoms with E-state index in [4.69, 9.17) is 0 Å². The predicted molar refractivity (Wildman–Crippen MR) is 186 cm³/mol. The molecule has 0 radical (unpaired) electrons. The van der Waals surface area contributed by atoms with E-state index in [-0.39, 0.29) is 0 Å². The van der Waals surface area contributed by atoms with Crippen LogP contribution in [-0.2, 0) is 0 Å². The molecule has 7 aromatic carbocycles. The second-order valence-electron chi connectivity index (χ2n) is 11.1. The first-order valence-corrected chi connectivity index (χ1v) is 15.0. The van der Waals surface area contributed by atoms with Crippen molar-refractivity contribution in [3.63, 3.8) is 0 Å². The van der Waals surface area contributed by atoms with Crippen LogP contribution in [0.5, 0.6) is 0 Å². The third-order valence-electron chi connectivity index (χ3n) is 8.40. The van der Waals surface area contributed by atoms with Crippen LogP contribution in [0.2, 0.25) is 0 Å². The molecule has 8 rings (SSSR count). The number of aromatic nitrogens is 1. The zero-order valence-corrected chi connectivity index (χ0v) is 24.2. The first kappa shape index (κ1) is 25.8. The van der Waals surface area contributed by atoms with Crippen LogP contribution in [0.3, 0.4) is 0 Å². The van der Waals surface area contributed by atoms with Crippen molar-refractivity contribution in [3.8, 4) is 27.9 Å². The molecule has 0 N–H and O–H groups in total. The fourth-order valence-electron chi connectivity index (χ4n) is 6.27. The van der Waals surface area contributed by atoms with Crippen molar-refractivity contribution < 1.29 is 0 Å². The van der Waals surface area contributed by atoms with Crippen LogP contribution in [0.25, 0.3) is 49.7 Å². The molecule has 0 fully saturated rings. The summed E-state index contributed by atoms with van der Waals surface area (Å²) in [6.07, 6.45) is 0. The number of anilines is 3. The van der Waals surface area contributed by atoms with Gasteiger partial charge in [0.25, 0.3) is 0 Å². The maximum atomic E-state index is 2.39. The molecule has 0 bridgehead atoms. The summed E-state index contributed by atoms with van der Waals surface area (Å²) in [7, 11) is 0. The summed E-state index contributed by atoms with van der Waals surface area (Å²) in [6.45, 7) is 0. The Morgan fingerprint density at radius 1 is 0.318 bits per heavy atom. The van der Waals surface area contributed by atoms with Crippen molar-refractivity contribution in [1.29, 1.82) is 0 Å². The van der Waals surface area contributed by atoms with Crippen molar-refractivity contribution in [2.24, 2.45) is 0 Å². The highest BCUT2D eigenvalue weighted by Gasteiger charge is 2.17. The minimum absolute atomic E-state index is 1.11.